The lowest BCUT2D eigenvalue weighted by molar-refractivity contribution is -0.146. The number of nitrogens with zero attached hydrogens (tertiary/aromatic N) is 2. The van der Waals surface area contributed by atoms with Gasteiger partial charge >= 0.3 is 5.97 Å². The maximum atomic E-state index is 12.2. The highest BCUT2D eigenvalue weighted by atomic mass is 16.5. The summed E-state index contributed by atoms with van der Waals surface area (Å²) in [5.41, 5.74) is 1.49. The Morgan fingerprint density at radius 1 is 1.32 bits per heavy atom. The lowest BCUT2D eigenvalue weighted by atomic mass is 9.96. The van der Waals surface area contributed by atoms with Crippen LogP contribution < -0.4 is 0 Å². The minimum Gasteiger partial charge on any atom is -0.469 e. The zero-order chi connectivity index (χ0) is 13.8. The van der Waals surface area contributed by atoms with E-state index in [1.165, 1.54) is 7.11 Å². The van der Waals surface area contributed by atoms with Gasteiger partial charge < -0.3 is 9.64 Å². The SMILES string of the molecule is COC(=O)C1CCN(C(=O)c2ccc(C)nc2)CC1. The Labute approximate surface area is 112 Å². The highest BCUT2D eigenvalue weighted by Gasteiger charge is 2.28. The van der Waals surface area contributed by atoms with E-state index < -0.39 is 0 Å². The predicted molar refractivity (Wildman–Crippen MR) is 69.6 cm³/mol. The number of hydrogen-bond acceptors (Lipinski definition) is 4. The van der Waals surface area contributed by atoms with E-state index in [0.717, 1.165) is 5.69 Å². The highest BCUT2D eigenvalue weighted by molar-refractivity contribution is 5.94. The summed E-state index contributed by atoms with van der Waals surface area (Å²) in [7, 11) is 1.40. The van der Waals surface area contributed by atoms with Gasteiger partial charge in [-0.25, -0.2) is 0 Å². The van der Waals surface area contributed by atoms with Gasteiger partial charge in [0.25, 0.3) is 5.91 Å². The number of rotatable bonds is 2. The van der Waals surface area contributed by atoms with Crippen molar-refractivity contribution in [2.45, 2.75) is 19.8 Å². The van der Waals surface area contributed by atoms with Crippen LogP contribution in [0.15, 0.2) is 18.3 Å². The third-order valence-corrected chi connectivity index (χ3v) is 3.48. The molecule has 1 fully saturated rings. The minimum absolute atomic E-state index is 0.0178. The van der Waals surface area contributed by atoms with Gasteiger partial charge in [-0.2, -0.15) is 0 Å². The number of hydrogen-bond donors (Lipinski definition) is 0. The van der Waals surface area contributed by atoms with Crippen LogP contribution in [-0.2, 0) is 9.53 Å². The van der Waals surface area contributed by atoms with Crippen LogP contribution in [0.25, 0.3) is 0 Å². The number of pyridine rings is 1. The first-order valence-electron chi connectivity index (χ1n) is 6.41. The molecular weight excluding hydrogens is 244 g/mol. The normalized spacial score (nSPS) is 16.2. The van der Waals surface area contributed by atoms with Gasteiger partial charge in [0.2, 0.25) is 0 Å². The number of carbonyl (C=O) groups is 2. The van der Waals surface area contributed by atoms with Gasteiger partial charge in [-0.3, -0.25) is 14.6 Å². The van der Waals surface area contributed by atoms with Crippen LogP contribution >= 0.6 is 0 Å². The molecule has 1 amide bonds. The molecule has 0 bridgehead atoms. The Morgan fingerprint density at radius 2 is 2.00 bits per heavy atom. The Kier molecular flexibility index (Phi) is 4.14. The van der Waals surface area contributed by atoms with E-state index in [1.54, 1.807) is 17.2 Å². The fourth-order valence-electron chi connectivity index (χ4n) is 2.26. The van der Waals surface area contributed by atoms with Crippen LogP contribution in [0, 0.1) is 12.8 Å². The molecule has 0 radical (unpaired) electrons. The van der Waals surface area contributed by atoms with Crippen molar-refractivity contribution in [2.24, 2.45) is 5.92 Å². The predicted octanol–water partition coefficient (Wildman–Crippen LogP) is 1.42. The number of methoxy groups -OCH3 is 1. The van der Waals surface area contributed by atoms with Gasteiger partial charge in [-0.05, 0) is 31.9 Å². The molecule has 0 atom stereocenters. The third-order valence-electron chi connectivity index (χ3n) is 3.48. The molecule has 0 aromatic carbocycles. The van der Waals surface area contributed by atoms with Crippen LogP contribution in [0.3, 0.4) is 0 Å². The third kappa shape index (κ3) is 3.10. The molecule has 0 spiro atoms. The number of esters is 1. The van der Waals surface area contributed by atoms with Crippen molar-refractivity contribution in [1.82, 2.24) is 9.88 Å². The lowest BCUT2D eigenvalue weighted by Crippen LogP contribution is -2.40. The topological polar surface area (TPSA) is 59.5 Å². The molecule has 19 heavy (non-hydrogen) atoms. The summed E-state index contributed by atoms with van der Waals surface area (Å²) in [6, 6.07) is 3.62. The number of aryl methyl sites for hydroxylation is 1. The van der Waals surface area contributed by atoms with E-state index in [1.807, 2.05) is 13.0 Å². The van der Waals surface area contributed by atoms with Gasteiger partial charge in [0, 0.05) is 25.0 Å². The highest BCUT2D eigenvalue weighted by Crippen LogP contribution is 2.20. The van der Waals surface area contributed by atoms with Crippen molar-refractivity contribution in [1.29, 1.82) is 0 Å². The molecule has 2 heterocycles. The molecule has 1 aliphatic heterocycles. The molecule has 0 unspecified atom stereocenters. The van der Waals surface area contributed by atoms with Crippen molar-refractivity contribution in [3.05, 3.63) is 29.6 Å². The Bertz CT molecular complexity index is 462. The Morgan fingerprint density at radius 3 is 2.53 bits per heavy atom. The molecular formula is C14H18N2O3. The molecule has 0 N–H and O–H groups in total. The summed E-state index contributed by atoms with van der Waals surface area (Å²) >= 11 is 0. The monoisotopic (exact) mass is 262 g/mol. The molecule has 102 valence electrons. The number of amides is 1. The van der Waals surface area contributed by atoms with E-state index >= 15 is 0 Å². The summed E-state index contributed by atoms with van der Waals surface area (Å²) in [5.74, 6) is -0.273. The summed E-state index contributed by atoms with van der Waals surface area (Å²) in [6.45, 7) is 3.06. The molecule has 0 aliphatic carbocycles. The second-order valence-corrected chi connectivity index (χ2v) is 4.78. The standard InChI is InChI=1S/C14H18N2O3/c1-10-3-4-12(9-15-10)13(17)16-7-5-11(6-8-16)14(18)19-2/h3-4,9,11H,5-8H2,1-2H3. The van der Waals surface area contributed by atoms with Gasteiger partial charge in [0.1, 0.15) is 0 Å². The summed E-state index contributed by atoms with van der Waals surface area (Å²) in [6.07, 6.45) is 2.93. The molecule has 1 aliphatic rings. The Balaban J connectivity index is 1.96. The second kappa shape index (κ2) is 5.82. The van der Waals surface area contributed by atoms with Crippen molar-refractivity contribution in [3.8, 4) is 0 Å². The summed E-state index contributed by atoms with van der Waals surface area (Å²) < 4.78 is 4.73. The maximum Gasteiger partial charge on any atom is 0.308 e. The van der Waals surface area contributed by atoms with E-state index in [2.05, 4.69) is 4.98 Å². The van der Waals surface area contributed by atoms with Gasteiger partial charge in [-0.15, -0.1) is 0 Å². The van der Waals surface area contributed by atoms with Crippen molar-refractivity contribution in [2.75, 3.05) is 20.2 Å². The van der Waals surface area contributed by atoms with Gasteiger partial charge in [-0.1, -0.05) is 0 Å². The van der Waals surface area contributed by atoms with Crippen LogP contribution in [0.5, 0.6) is 0 Å². The van der Waals surface area contributed by atoms with Crippen molar-refractivity contribution in [3.63, 3.8) is 0 Å². The molecule has 0 saturated carbocycles. The second-order valence-electron chi connectivity index (χ2n) is 4.78. The average Bonchev–Trinajstić information content (AvgIpc) is 2.46. The number of carbonyl (C=O) groups excluding carboxylic acids is 2. The lowest BCUT2D eigenvalue weighted by Gasteiger charge is -2.30. The Hall–Kier alpha value is -1.91. The number of piperidine rings is 1. The summed E-state index contributed by atoms with van der Waals surface area (Å²) in [5, 5.41) is 0. The first-order chi connectivity index (χ1) is 9.11. The number of likely N-dealkylation sites (tertiary alicyclic amines) is 1. The molecule has 1 saturated heterocycles. The molecule has 2 rings (SSSR count). The maximum absolute atomic E-state index is 12.2. The number of aromatic nitrogens is 1. The fraction of sp³-hybridized carbons (Fsp3) is 0.500. The van der Waals surface area contributed by atoms with Gasteiger partial charge in [0.05, 0.1) is 18.6 Å². The number of ether oxygens (including phenoxy) is 1. The van der Waals surface area contributed by atoms with Crippen LogP contribution in [0.2, 0.25) is 0 Å². The quantitative estimate of drug-likeness (QED) is 0.756. The molecule has 1 aromatic rings. The van der Waals surface area contributed by atoms with Crippen LogP contribution in [0.1, 0.15) is 28.9 Å². The molecule has 5 heteroatoms. The van der Waals surface area contributed by atoms with E-state index in [-0.39, 0.29) is 17.8 Å². The van der Waals surface area contributed by atoms with Crippen LogP contribution in [0.4, 0.5) is 0 Å². The average molecular weight is 262 g/mol. The summed E-state index contributed by atoms with van der Waals surface area (Å²) in [4.78, 5) is 29.5. The smallest absolute Gasteiger partial charge is 0.308 e. The van der Waals surface area contributed by atoms with Gasteiger partial charge in [0.15, 0.2) is 0 Å². The first kappa shape index (κ1) is 13.5. The minimum atomic E-state index is -0.177. The molecule has 5 nitrogen and oxygen atoms in total. The largest absolute Gasteiger partial charge is 0.469 e. The van der Waals surface area contributed by atoms with Crippen LogP contribution in [-0.4, -0.2) is 42.0 Å². The first-order valence-corrected chi connectivity index (χ1v) is 6.41. The van der Waals surface area contributed by atoms with Crippen molar-refractivity contribution >= 4 is 11.9 Å². The zero-order valence-corrected chi connectivity index (χ0v) is 11.3. The molecule has 1 aromatic heterocycles. The fourth-order valence-corrected chi connectivity index (χ4v) is 2.26. The van der Waals surface area contributed by atoms with E-state index in [9.17, 15) is 9.59 Å². The van der Waals surface area contributed by atoms with E-state index in [4.69, 9.17) is 4.74 Å². The van der Waals surface area contributed by atoms with Crippen molar-refractivity contribution < 1.29 is 14.3 Å². The zero-order valence-electron chi connectivity index (χ0n) is 11.3. The van der Waals surface area contributed by atoms with E-state index in [0.29, 0.717) is 31.5 Å².